The number of amidine groups is 1. The number of hydrogen-bond acceptors (Lipinski definition) is 4. The summed E-state index contributed by atoms with van der Waals surface area (Å²) in [5.74, 6) is 1.32. The number of aliphatic imine (C=N–C) groups is 1. The second-order valence-corrected chi connectivity index (χ2v) is 9.88. The van der Waals surface area contributed by atoms with Gasteiger partial charge in [0.15, 0.2) is 5.17 Å². The zero-order valence-electron chi connectivity index (χ0n) is 12.1. The number of hydrogen-bond donors (Lipinski definition) is 1. The Morgan fingerprint density at radius 1 is 1.44 bits per heavy atom. The monoisotopic (exact) mass is 286 g/mol. The van der Waals surface area contributed by atoms with E-state index in [1.54, 1.807) is 0 Å². The quantitative estimate of drug-likeness (QED) is 0.854. The Kier molecular flexibility index (Phi) is 4.58. The predicted molar refractivity (Wildman–Crippen MR) is 85.9 cm³/mol. The van der Waals surface area contributed by atoms with Crippen LogP contribution >= 0.6 is 23.5 Å². The number of nitrogens with zero attached hydrogens (tertiary/aromatic N) is 1. The fourth-order valence-electron chi connectivity index (χ4n) is 2.54. The van der Waals surface area contributed by atoms with Gasteiger partial charge >= 0.3 is 0 Å². The summed E-state index contributed by atoms with van der Waals surface area (Å²) >= 11 is 4.06. The van der Waals surface area contributed by atoms with Gasteiger partial charge in [-0.15, -0.1) is 0 Å². The second kappa shape index (κ2) is 5.66. The fraction of sp³-hybridized carbons (Fsp3) is 0.929. The average molecular weight is 287 g/mol. The highest BCUT2D eigenvalue weighted by Gasteiger charge is 2.31. The lowest BCUT2D eigenvalue weighted by molar-refractivity contribution is 0.375. The van der Waals surface area contributed by atoms with E-state index in [1.807, 2.05) is 11.8 Å². The first-order valence-electron chi connectivity index (χ1n) is 6.95. The predicted octanol–water partition coefficient (Wildman–Crippen LogP) is 3.77. The van der Waals surface area contributed by atoms with Crippen molar-refractivity contribution in [2.45, 2.75) is 57.0 Å². The van der Waals surface area contributed by atoms with Gasteiger partial charge in [0, 0.05) is 16.5 Å². The molecule has 2 aliphatic heterocycles. The number of nitrogens with one attached hydrogen (secondary N) is 1. The van der Waals surface area contributed by atoms with Gasteiger partial charge in [-0.1, -0.05) is 32.5 Å². The maximum Gasteiger partial charge on any atom is 0.156 e. The van der Waals surface area contributed by atoms with Crippen molar-refractivity contribution >= 4 is 28.7 Å². The minimum Gasteiger partial charge on any atom is -0.364 e. The summed E-state index contributed by atoms with van der Waals surface area (Å²) < 4.78 is 0.436. The fourth-order valence-corrected chi connectivity index (χ4v) is 5.14. The molecule has 18 heavy (non-hydrogen) atoms. The summed E-state index contributed by atoms with van der Waals surface area (Å²) in [6.45, 7) is 11.4. The Bertz CT molecular complexity index is 314. The van der Waals surface area contributed by atoms with E-state index in [0.717, 1.165) is 13.1 Å². The van der Waals surface area contributed by atoms with Crippen LogP contribution in [0.1, 0.15) is 47.0 Å². The Morgan fingerprint density at radius 2 is 2.22 bits per heavy atom. The summed E-state index contributed by atoms with van der Waals surface area (Å²) in [6.07, 6.45) is 3.96. The largest absolute Gasteiger partial charge is 0.364 e. The molecule has 2 unspecified atom stereocenters. The van der Waals surface area contributed by atoms with Gasteiger partial charge in [0.05, 0.1) is 6.54 Å². The first kappa shape index (κ1) is 14.6. The molecular formula is C14H26N2S2. The third-order valence-corrected chi connectivity index (χ3v) is 6.15. The molecule has 2 heterocycles. The van der Waals surface area contributed by atoms with Gasteiger partial charge in [0.25, 0.3) is 0 Å². The molecule has 2 atom stereocenters. The van der Waals surface area contributed by atoms with Crippen LogP contribution in [0.5, 0.6) is 0 Å². The third-order valence-electron chi connectivity index (χ3n) is 3.47. The standard InChI is InChI=1S/C14H26N2S2/c1-13(2,3)8-11-9-15-12(18-11)16-10-14(4)6-5-7-17-14/h11H,5-10H2,1-4H3,(H,15,16). The SMILES string of the molecule is CC(C)(C)CC1CN=C(NCC2(C)CCCS2)S1. The van der Waals surface area contributed by atoms with Crippen LogP contribution in [-0.4, -0.2) is 34.0 Å². The van der Waals surface area contributed by atoms with Gasteiger partial charge in [-0.05, 0) is 37.4 Å². The molecule has 0 bridgehead atoms. The highest BCUT2D eigenvalue weighted by Crippen LogP contribution is 2.37. The summed E-state index contributed by atoms with van der Waals surface area (Å²) in [4.78, 5) is 4.65. The van der Waals surface area contributed by atoms with Crippen LogP contribution in [0.3, 0.4) is 0 Å². The molecule has 1 fully saturated rings. The molecule has 0 spiro atoms. The molecule has 0 radical (unpaired) electrons. The van der Waals surface area contributed by atoms with Crippen LogP contribution in [0, 0.1) is 5.41 Å². The van der Waals surface area contributed by atoms with Gasteiger partial charge in [0.1, 0.15) is 0 Å². The van der Waals surface area contributed by atoms with Crippen molar-refractivity contribution in [3.63, 3.8) is 0 Å². The smallest absolute Gasteiger partial charge is 0.156 e. The molecule has 0 saturated carbocycles. The minimum atomic E-state index is 0.413. The molecule has 0 aromatic heterocycles. The third kappa shape index (κ3) is 4.37. The van der Waals surface area contributed by atoms with Crippen molar-refractivity contribution in [2.75, 3.05) is 18.8 Å². The van der Waals surface area contributed by atoms with E-state index < -0.39 is 0 Å². The lowest BCUT2D eigenvalue weighted by Crippen LogP contribution is -2.35. The molecule has 0 amide bonds. The molecule has 2 aliphatic rings. The second-order valence-electron chi connectivity index (χ2n) is 6.91. The molecule has 1 N–H and O–H groups in total. The first-order chi connectivity index (χ1) is 8.36. The number of rotatable bonds is 3. The zero-order chi connectivity index (χ0) is 13.2. The van der Waals surface area contributed by atoms with Gasteiger partial charge in [0.2, 0.25) is 0 Å². The molecule has 2 nitrogen and oxygen atoms in total. The van der Waals surface area contributed by atoms with E-state index in [-0.39, 0.29) is 0 Å². The summed E-state index contributed by atoms with van der Waals surface area (Å²) in [5, 5.41) is 5.43. The maximum absolute atomic E-state index is 4.65. The van der Waals surface area contributed by atoms with Crippen LogP contribution in [0.15, 0.2) is 4.99 Å². The molecule has 104 valence electrons. The van der Waals surface area contributed by atoms with Gasteiger partial charge in [-0.25, -0.2) is 0 Å². The van der Waals surface area contributed by atoms with E-state index >= 15 is 0 Å². The molecule has 0 aromatic rings. The Balaban J connectivity index is 1.72. The molecule has 0 aromatic carbocycles. The lowest BCUT2D eigenvalue weighted by atomic mass is 9.90. The Morgan fingerprint density at radius 3 is 2.83 bits per heavy atom. The molecule has 2 rings (SSSR count). The summed E-state index contributed by atoms with van der Waals surface area (Å²) in [7, 11) is 0. The van der Waals surface area contributed by atoms with Crippen LogP contribution in [-0.2, 0) is 0 Å². The topological polar surface area (TPSA) is 24.4 Å². The van der Waals surface area contributed by atoms with Crippen LogP contribution in [0.4, 0.5) is 0 Å². The number of thioether (sulfide) groups is 2. The van der Waals surface area contributed by atoms with Crippen LogP contribution in [0.2, 0.25) is 0 Å². The van der Waals surface area contributed by atoms with Gasteiger partial charge < -0.3 is 5.32 Å². The van der Waals surface area contributed by atoms with E-state index in [1.165, 1.54) is 30.2 Å². The van der Waals surface area contributed by atoms with E-state index in [2.05, 4.69) is 49.8 Å². The lowest BCUT2D eigenvalue weighted by Gasteiger charge is -2.24. The maximum atomic E-state index is 4.65. The average Bonchev–Trinajstić information content (AvgIpc) is 2.83. The van der Waals surface area contributed by atoms with Crippen molar-refractivity contribution in [3.8, 4) is 0 Å². The van der Waals surface area contributed by atoms with Gasteiger partial charge in [-0.3, -0.25) is 4.99 Å². The molecule has 0 aliphatic carbocycles. The normalized spacial score (nSPS) is 32.7. The molecular weight excluding hydrogens is 260 g/mol. The van der Waals surface area contributed by atoms with Crippen LogP contribution < -0.4 is 5.32 Å². The summed E-state index contributed by atoms with van der Waals surface area (Å²) in [5.41, 5.74) is 0.413. The van der Waals surface area contributed by atoms with Crippen molar-refractivity contribution in [2.24, 2.45) is 10.4 Å². The summed E-state index contributed by atoms with van der Waals surface area (Å²) in [6, 6.07) is 0. The van der Waals surface area contributed by atoms with E-state index in [0.29, 0.717) is 15.4 Å². The van der Waals surface area contributed by atoms with Crippen molar-refractivity contribution in [3.05, 3.63) is 0 Å². The Hall–Kier alpha value is 0.170. The zero-order valence-corrected chi connectivity index (χ0v) is 13.7. The van der Waals surface area contributed by atoms with E-state index in [4.69, 9.17) is 0 Å². The Labute approximate surface area is 120 Å². The van der Waals surface area contributed by atoms with Crippen LogP contribution in [0.25, 0.3) is 0 Å². The minimum absolute atomic E-state index is 0.413. The van der Waals surface area contributed by atoms with E-state index in [9.17, 15) is 0 Å². The highest BCUT2D eigenvalue weighted by molar-refractivity contribution is 8.14. The van der Waals surface area contributed by atoms with Crippen molar-refractivity contribution < 1.29 is 0 Å². The first-order valence-corrected chi connectivity index (χ1v) is 8.82. The van der Waals surface area contributed by atoms with Gasteiger partial charge in [-0.2, -0.15) is 11.8 Å². The highest BCUT2D eigenvalue weighted by atomic mass is 32.2. The molecule has 4 heteroatoms. The van der Waals surface area contributed by atoms with Crippen molar-refractivity contribution in [1.29, 1.82) is 0 Å². The van der Waals surface area contributed by atoms with Crippen molar-refractivity contribution in [1.82, 2.24) is 5.32 Å². The molecule has 1 saturated heterocycles.